The van der Waals surface area contributed by atoms with E-state index in [2.05, 4.69) is 42.9 Å². The first kappa shape index (κ1) is 28.5. The fraction of sp³-hybridized carbons (Fsp3) is 0.531. The number of aromatic nitrogens is 2. The number of guanidine groups is 1. The number of aliphatic imine (C=N–C) groups is 1. The Morgan fingerprint density at radius 1 is 1.17 bits per heavy atom. The third kappa shape index (κ3) is 5.61. The first-order chi connectivity index (χ1) is 19.6. The smallest absolute Gasteiger partial charge is 0.261 e. The number of hydrogen-bond donors (Lipinski definition) is 1. The third-order valence-electron chi connectivity index (χ3n) is 9.86. The summed E-state index contributed by atoms with van der Waals surface area (Å²) < 4.78 is 7.47. The molecule has 0 spiro atoms. The lowest BCUT2D eigenvalue weighted by atomic mass is 9.45. The van der Waals surface area contributed by atoms with Crippen LogP contribution in [0.25, 0.3) is 10.9 Å². The van der Waals surface area contributed by atoms with Crippen LogP contribution in [0.5, 0.6) is 0 Å². The van der Waals surface area contributed by atoms with Crippen molar-refractivity contribution in [3.63, 3.8) is 0 Å². The molecule has 0 amide bonds. The molecule has 1 aromatic heterocycles. The molecule has 2 bridgehead atoms. The highest BCUT2D eigenvalue weighted by Gasteiger charge is 2.56. The number of halogens is 2. The molecule has 1 unspecified atom stereocenters. The van der Waals surface area contributed by atoms with Crippen molar-refractivity contribution in [1.29, 1.82) is 0 Å². The topological polar surface area (TPSA) is 71.8 Å². The van der Waals surface area contributed by atoms with Crippen molar-refractivity contribution in [2.24, 2.45) is 28.2 Å². The Morgan fingerprint density at radius 3 is 2.73 bits per heavy atom. The molecule has 7 nitrogen and oxygen atoms in total. The molecule has 0 radical (unpaired) electrons. The van der Waals surface area contributed by atoms with E-state index in [0.29, 0.717) is 57.9 Å². The second kappa shape index (κ2) is 11.2. The lowest BCUT2D eigenvalue weighted by Gasteiger charge is -2.61. The van der Waals surface area contributed by atoms with Gasteiger partial charge in [0.15, 0.2) is 5.96 Å². The SMILES string of the molecule is C[C@@H]1[C@@H](N=C(Nc2ccc3c(=O)n(CCc4ccc(Cl)cc4Cl)cnc3c2)N2CCO[C@@H](C)C2)CC2C[C@H]1C2(C)C. The van der Waals surface area contributed by atoms with Gasteiger partial charge in [-0.05, 0) is 85.3 Å². The normalized spacial score (nSPS) is 27.5. The number of benzene rings is 2. The molecule has 41 heavy (non-hydrogen) atoms. The Labute approximate surface area is 251 Å². The van der Waals surface area contributed by atoms with Gasteiger partial charge in [-0.25, -0.2) is 9.98 Å². The number of morpholine rings is 1. The molecule has 5 atom stereocenters. The summed E-state index contributed by atoms with van der Waals surface area (Å²) in [7, 11) is 0. The van der Waals surface area contributed by atoms with Gasteiger partial charge in [0.05, 0.1) is 36.0 Å². The molecule has 218 valence electrons. The van der Waals surface area contributed by atoms with Crippen LogP contribution in [0, 0.1) is 23.2 Å². The first-order valence-corrected chi connectivity index (χ1v) is 15.5. The number of ether oxygens (including phenoxy) is 1. The summed E-state index contributed by atoms with van der Waals surface area (Å²) in [6, 6.07) is 11.5. The molecule has 2 aromatic carbocycles. The van der Waals surface area contributed by atoms with Crippen molar-refractivity contribution in [2.45, 2.75) is 65.6 Å². The maximum atomic E-state index is 13.3. The number of nitrogens with one attached hydrogen (secondary N) is 1. The zero-order valence-electron chi connectivity index (χ0n) is 24.2. The van der Waals surface area contributed by atoms with Crippen molar-refractivity contribution >= 4 is 45.8 Å². The summed E-state index contributed by atoms with van der Waals surface area (Å²) in [4.78, 5) is 25.6. The minimum absolute atomic E-state index is 0.0691. The predicted molar refractivity (Wildman–Crippen MR) is 167 cm³/mol. The van der Waals surface area contributed by atoms with E-state index in [1.165, 1.54) is 6.42 Å². The van der Waals surface area contributed by atoms with Crippen molar-refractivity contribution in [3.05, 3.63) is 68.7 Å². The van der Waals surface area contributed by atoms with Gasteiger partial charge in [-0.2, -0.15) is 0 Å². The second-order valence-electron chi connectivity index (χ2n) is 12.7. The summed E-state index contributed by atoms with van der Waals surface area (Å²) in [5, 5.41) is 5.40. The monoisotopic (exact) mass is 595 g/mol. The van der Waals surface area contributed by atoms with Crippen LogP contribution in [0.15, 0.2) is 52.5 Å². The molecule has 2 heterocycles. The first-order valence-electron chi connectivity index (χ1n) is 14.7. The van der Waals surface area contributed by atoms with E-state index in [4.69, 9.17) is 32.9 Å². The zero-order chi connectivity index (χ0) is 28.9. The van der Waals surface area contributed by atoms with E-state index < -0.39 is 0 Å². The summed E-state index contributed by atoms with van der Waals surface area (Å²) >= 11 is 12.4. The Kier molecular flexibility index (Phi) is 7.81. The molecule has 4 fully saturated rings. The average Bonchev–Trinajstić information content (AvgIpc) is 2.94. The second-order valence-corrected chi connectivity index (χ2v) is 13.5. The van der Waals surface area contributed by atoms with E-state index in [-0.39, 0.29) is 11.7 Å². The maximum absolute atomic E-state index is 13.3. The van der Waals surface area contributed by atoms with Gasteiger partial charge in [-0.15, -0.1) is 0 Å². The van der Waals surface area contributed by atoms with Gasteiger partial charge < -0.3 is 15.0 Å². The quantitative estimate of drug-likeness (QED) is 0.269. The summed E-state index contributed by atoms with van der Waals surface area (Å²) in [6.45, 7) is 12.1. The Morgan fingerprint density at radius 2 is 2.00 bits per heavy atom. The molecule has 3 aromatic rings. The summed E-state index contributed by atoms with van der Waals surface area (Å²) in [6.07, 6.45) is 4.84. The predicted octanol–water partition coefficient (Wildman–Crippen LogP) is 6.51. The molecular formula is C32H39Cl2N5O2. The van der Waals surface area contributed by atoms with Gasteiger partial charge in [-0.3, -0.25) is 9.36 Å². The molecule has 9 heteroatoms. The number of fused-ring (bicyclic) bond motifs is 3. The molecule has 7 rings (SSSR count). The van der Waals surface area contributed by atoms with Gasteiger partial charge in [0.1, 0.15) is 0 Å². The Balaban J connectivity index is 1.23. The van der Waals surface area contributed by atoms with E-state index in [9.17, 15) is 4.79 Å². The lowest BCUT2D eigenvalue weighted by Crippen LogP contribution is -2.57. The number of hydrogen-bond acceptors (Lipinski definition) is 4. The van der Waals surface area contributed by atoms with Gasteiger partial charge in [0.2, 0.25) is 0 Å². The lowest BCUT2D eigenvalue weighted by molar-refractivity contribution is -0.108. The third-order valence-corrected chi connectivity index (χ3v) is 10.4. The van der Waals surface area contributed by atoms with E-state index in [1.807, 2.05) is 30.3 Å². The van der Waals surface area contributed by atoms with Gasteiger partial charge in [0, 0.05) is 35.4 Å². The fourth-order valence-corrected chi connectivity index (χ4v) is 7.65. The van der Waals surface area contributed by atoms with Crippen LogP contribution in [-0.4, -0.2) is 52.3 Å². The van der Waals surface area contributed by atoms with Crippen LogP contribution in [0.1, 0.15) is 46.1 Å². The zero-order valence-corrected chi connectivity index (χ0v) is 25.8. The van der Waals surface area contributed by atoms with Crippen molar-refractivity contribution in [2.75, 3.05) is 25.0 Å². The molecule has 1 saturated heterocycles. The van der Waals surface area contributed by atoms with Gasteiger partial charge in [-0.1, -0.05) is 50.0 Å². The molecule has 3 aliphatic carbocycles. The van der Waals surface area contributed by atoms with E-state index in [0.717, 1.165) is 48.6 Å². The van der Waals surface area contributed by atoms with Crippen LogP contribution in [0.3, 0.4) is 0 Å². The van der Waals surface area contributed by atoms with Crippen LogP contribution >= 0.6 is 23.2 Å². The fourth-order valence-electron chi connectivity index (χ4n) is 7.14. The highest BCUT2D eigenvalue weighted by atomic mass is 35.5. The molecule has 1 aliphatic heterocycles. The average molecular weight is 597 g/mol. The van der Waals surface area contributed by atoms with Gasteiger partial charge >= 0.3 is 0 Å². The highest BCUT2D eigenvalue weighted by molar-refractivity contribution is 6.35. The number of anilines is 1. The number of nitrogens with zero attached hydrogens (tertiary/aromatic N) is 4. The molecule has 3 saturated carbocycles. The van der Waals surface area contributed by atoms with Crippen LogP contribution in [0.2, 0.25) is 10.0 Å². The van der Waals surface area contributed by atoms with Gasteiger partial charge in [0.25, 0.3) is 5.56 Å². The minimum atomic E-state index is -0.0691. The minimum Gasteiger partial charge on any atom is -0.375 e. The number of aryl methyl sites for hydroxylation is 2. The molecular weight excluding hydrogens is 557 g/mol. The number of rotatable bonds is 5. The van der Waals surface area contributed by atoms with E-state index >= 15 is 0 Å². The largest absolute Gasteiger partial charge is 0.375 e. The van der Waals surface area contributed by atoms with Crippen molar-refractivity contribution in [1.82, 2.24) is 14.5 Å². The molecule has 1 N–H and O–H groups in total. The molecule has 4 aliphatic rings. The van der Waals surface area contributed by atoms with Crippen LogP contribution in [0.4, 0.5) is 5.69 Å². The van der Waals surface area contributed by atoms with Crippen molar-refractivity contribution < 1.29 is 4.74 Å². The Hall–Kier alpha value is -2.61. The van der Waals surface area contributed by atoms with Crippen LogP contribution < -0.4 is 10.9 Å². The van der Waals surface area contributed by atoms with Crippen LogP contribution in [-0.2, 0) is 17.7 Å². The maximum Gasteiger partial charge on any atom is 0.261 e. The summed E-state index contributed by atoms with van der Waals surface area (Å²) in [5.41, 5.74) is 2.83. The summed E-state index contributed by atoms with van der Waals surface area (Å²) in [5.74, 6) is 2.90. The standard InChI is InChI=1S/C32H39Cl2N5O2/c1-19-17-38(11-12-41-19)31(37-28-14-22-13-26(20(28)2)32(22,3)4)36-24-7-8-25-29(16-24)35-18-39(30(25)40)10-9-21-5-6-23(33)15-27(21)34/h5-8,15-16,18-20,22,26,28H,9-14,17H2,1-4H3,(H,36,37)/t19-,20-,22?,26+,28-/m0/s1. The Bertz CT molecular complexity index is 1540. The van der Waals surface area contributed by atoms with Crippen molar-refractivity contribution in [3.8, 4) is 0 Å². The highest BCUT2D eigenvalue weighted by Crippen LogP contribution is 2.61. The van der Waals surface area contributed by atoms with E-state index in [1.54, 1.807) is 17.0 Å².